The molecule has 0 aliphatic heterocycles. The van der Waals surface area contributed by atoms with Crippen LogP contribution in [0, 0.1) is 12.1 Å². The Morgan fingerprint density at radius 1 is 0.509 bits per heavy atom. The molecule has 11 rings (SSSR count). The number of pyridine rings is 1. The Bertz CT molecular complexity index is 2490. The zero-order chi connectivity index (χ0) is 35.3. The molecule has 2 bridgehead atoms. The number of fused-ring (bicyclic) bond motifs is 1. The summed E-state index contributed by atoms with van der Waals surface area (Å²) in [7, 11) is -2.83. The number of nitrogens with zero attached hydrogens (tertiary/aromatic N) is 1. The van der Waals surface area contributed by atoms with Crippen molar-refractivity contribution in [3.05, 3.63) is 228 Å². The summed E-state index contributed by atoms with van der Waals surface area (Å²) in [6.07, 6.45) is 0. The van der Waals surface area contributed by atoms with Crippen molar-refractivity contribution in [1.82, 2.24) is 4.98 Å². The number of benzene rings is 7. The van der Waals surface area contributed by atoms with E-state index < -0.39 is 7.14 Å². The van der Waals surface area contributed by atoms with Gasteiger partial charge in [0.15, 0.2) is 0 Å². The number of hydrogen-bond acceptors (Lipinski definition) is 2. The van der Waals surface area contributed by atoms with Crippen LogP contribution in [0.1, 0.15) is 47.2 Å². The molecule has 0 fully saturated rings. The van der Waals surface area contributed by atoms with Gasteiger partial charge >= 0.3 is 0 Å². The maximum Gasteiger partial charge on any atom is 0.147 e. The maximum atomic E-state index is 13.8. The van der Waals surface area contributed by atoms with E-state index in [1.165, 1.54) is 33.4 Å². The summed E-state index contributed by atoms with van der Waals surface area (Å²) in [5, 5.41) is 3.59. The molecule has 4 heteroatoms. The van der Waals surface area contributed by atoms with Gasteiger partial charge in [-0.1, -0.05) is 152 Å². The Kier molecular flexibility index (Phi) is 9.00. The predicted octanol–water partition coefficient (Wildman–Crippen LogP) is 10.2. The first-order chi connectivity index (χ1) is 25.4. The third-order valence-electron chi connectivity index (χ3n) is 11.2. The van der Waals surface area contributed by atoms with Crippen LogP contribution >= 0.6 is 7.14 Å². The Balaban J connectivity index is 0.000000165. The Morgan fingerprint density at radius 2 is 1.02 bits per heavy atom. The van der Waals surface area contributed by atoms with Crippen LogP contribution in [0.5, 0.6) is 0 Å². The van der Waals surface area contributed by atoms with E-state index in [0.29, 0.717) is 0 Å². The molecule has 2 nitrogen and oxygen atoms in total. The minimum atomic E-state index is -2.83. The van der Waals surface area contributed by atoms with Crippen LogP contribution in [-0.2, 0) is 35.5 Å². The molecule has 1 aromatic heterocycles. The monoisotopic (exact) mass is 878 g/mol. The summed E-state index contributed by atoms with van der Waals surface area (Å²) in [6.45, 7) is 4.77. The topological polar surface area (TPSA) is 30.0 Å². The van der Waals surface area contributed by atoms with Crippen LogP contribution in [0.3, 0.4) is 0 Å². The molecule has 1 heterocycles. The standard InChI is InChI=1S/C31H22N.C18H14OP.Ir/c1-30-22-10-4-6-12-24(22)31(2,25-13-7-5-11-23(25)30)27-19-21(15-17-26(27)30)29-18-16-20-9-3-8-14-28(20)32-29;19-20(16-10-4-1-5-11-16,17-12-6-2-7-13-17)18-14-8-3-9-15-18;/h3-14,16-19H,1-2H3;1-14H;/q2*-1;. The van der Waals surface area contributed by atoms with Gasteiger partial charge in [-0.05, 0) is 46.3 Å². The first-order valence-corrected chi connectivity index (χ1v) is 19.5. The first-order valence-electron chi connectivity index (χ1n) is 17.7. The van der Waals surface area contributed by atoms with Gasteiger partial charge in [0.1, 0.15) is 7.14 Å². The normalized spacial score (nSPS) is 17.7. The molecule has 1 radical (unpaired) electrons. The second kappa shape index (κ2) is 13.7. The zero-order valence-corrected chi connectivity index (χ0v) is 32.7. The largest absolute Gasteiger partial charge is 0.311 e. The van der Waals surface area contributed by atoms with Crippen LogP contribution in [-0.4, -0.2) is 4.98 Å². The fourth-order valence-electron chi connectivity index (χ4n) is 8.55. The van der Waals surface area contributed by atoms with E-state index in [0.717, 1.165) is 38.1 Å². The summed E-state index contributed by atoms with van der Waals surface area (Å²) in [6, 6.07) is 68.6. The van der Waals surface area contributed by atoms with Crippen LogP contribution in [0.4, 0.5) is 0 Å². The minimum Gasteiger partial charge on any atom is -0.311 e. The Morgan fingerprint density at radius 3 is 1.58 bits per heavy atom. The second-order valence-corrected chi connectivity index (χ2v) is 16.7. The fourth-order valence-corrected chi connectivity index (χ4v) is 11.1. The Labute approximate surface area is 325 Å². The van der Waals surface area contributed by atoms with Crippen molar-refractivity contribution in [2.75, 3.05) is 0 Å². The molecular weight excluding hydrogens is 842 g/mol. The maximum absolute atomic E-state index is 13.8. The van der Waals surface area contributed by atoms with Crippen LogP contribution in [0.15, 0.2) is 182 Å². The fraction of sp³-hybridized carbons (Fsp3) is 0.0816. The average molecular weight is 878 g/mol. The average Bonchev–Trinajstić information content (AvgIpc) is 3.23. The van der Waals surface area contributed by atoms with E-state index >= 15 is 0 Å². The van der Waals surface area contributed by atoms with Crippen molar-refractivity contribution in [2.24, 2.45) is 0 Å². The van der Waals surface area contributed by atoms with Crippen molar-refractivity contribution in [3.63, 3.8) is 0 Å². The van der Waals surface area contributed by atoms with Crippen molar-refractivity contribution in [1.29, 1.82) is 0 Å². The van der Waals surface area contributed by atoms with Gasteiger partial charge in [0.25, 0.3) is 0 Å². The summed E-state index contributed by atoms with van der Waals surface area (Å²) in [4.78, 5) is 4.95. The molecule has 0 saturated heterocycles. The Hall–Kier alpha value is -5.17. The number of aromatic nitrogens is 1. The quantitative estimate of drug-likeness (QED) is 0.130. The number of hydrogen-bond donors (Lipinski definition) is 0. The van der Waals surface area contributed by atoms with Gasteiger partial charge in [0, 0.05) is 41.5 Å². The third kappa shape index (κ3) is 5.42. The second-order valence-electron chi connectivity index (χ2n) is 13.9. The summed E-state index contributed by atoms with van der Waals surface area (Å²) in [5.74, 6) is 0. The van der Waals surface area contributed by atoms with Crippen LogP contribution in [0.2, 0.25) is 0 Å². The molecule has 0 saturated carbocycles. The number of rotatable bonds is 4. The van der Waals surface area contributed by atoms with Gasteiger partial charge in [0.05, 0.1) is 5.52 Å². The minimum absolute atomic E-state index is 0. The van der Waals surface area contributed by atoms with Crippen LogP contribution < -0.4 is 15.9 Å². The molecular formula is C49H36IrNOP-2. The van der Waals surface area contributed by atoms with E-state index in [1.807, 2.05) is 91.0 Å². The van der Waals surface area contributed by atoms with Gasteiger partial charge < -0.3 is 4.57 Å². The smallest absolute Gasteiger partial charge is 0.147 e. The van der Waals surface area contributed by atoms with E-state index in [1.54, 1.807) is 0 Å². The molecule has 53 heavy (non-hydrogen) atoms. The molecule has 0 unspecified atom stereocenters. The van der Waals surface area contributed by atoms with Crippen molar-refractivity contribution < 1.29 is 24.7 Å². The molecule has 259 valence electrons. The summed E-state index contributed by atoms with van der Waals surface area (Å²) >= 11 is 0. The molecule has 0 atom stereocenters. The van der Waals surface area contributed by atoms with Gasteiger partial charge in [-0.2, -0.15) is 30.3 Å². The SMILES string of the molecule is CC12c3c[c-]c(-c4ccc5ccccc5n4)cc3C(C)(c3ccccc31)c1ccccc12.O=P(c1[c-]cccc1)(c1ccccc1)c1ccccc1.[Ir]. The number of para-hydroxylation sites is 1. The van der Waals surface area contributed by atoms with E-state index in [2.05, 4.69) is 117 Å². The molecule has 7 aromatic carbocycles. The van der Waals surface area contributed by atoms with Gasteiger partial charge in [-0.15, -0.1) is 34.9 Å². The van der Waals surface area contributed by atoms with Gasteiger partial charge in [0.2, 0.25) is 0 Å². The van der Waals surface area contributed by atoms with Crippen molar-refractivity contribution in [2.45, 2.75) is 24.7 Å². The summed E-state index contributed by atoms with van der Waals surface area (Å²) in [5.41, 5.74) is 11.1. The third-order valence-corrected chi connectivity index (χ3v) is 14.2. The molecule has 8 aromatic rings. The van der Waals surface area contributed by atoms with E-state index in [4.69, 9.17) is 4.98 Å². The molecule has 3 aliphatic carbocycles. The zero-order valence-electron chi connectivity index (χ0n) is 29.5. The molecule has 0 spiro atoms. The summed E-state index contributed by atoms with van der Waals surface area (Å²) < 4.78 is 13.8. The molecule has 0 amide bonds. The molecule has 3 aliphatic rings. The molecule has 0 N–H and O–H groups in total. The van der Waals surface area contributed by atoms with Crippen molar-refractivity contribution >= 4 is 34.0 Å². The van der Waals surface area contributed by atoms with E-state index in [-0.39, 0.29) is 30.9 Å². The van der Waals surface area contributed by atoms with E-state index in [9.17, 15) is 4.57 Å². The van der Waals surface area contributed by atoms with Gasteiger partial charge in [-0.25, -0.2) is 0 Å². The van der Waals surface area contributed by atoms with Crippen molar-refractivity contribution in [3.8, 4) is 11.3 Å². The first kappa shape index (κ1) is 34.9. The predicted molar refractivity (Wildman–Crippen MR) is 215 cm³/mol. The van der Waals surface area contributed by atoms with Gasteiger partial charge in [-0.3, -0.25) is 4.98 Å². The van der Waals surface area contributed by atoms with Crippen LogP contribution in [0.25, 0.3) is 22.2 Å².